The van der Waals surface area contributed by atoms with E-state index in [1.54, 1.807) is 0 Å². The molecular formula is C17H12Br2O. The molecule has 0 bridgehead atoms. The van der Waals surface area contributed by atoms with Gasteiger partial charge in [-0.05, 0) is 34.0 Å². The minimum atomic E-state index is -0.649. The van der Waals surface area contributed by atoms with Crippen molar-refractivity contribution >= 4 is 42.6 Å². The number of rotatable bonds is 2. The zero-order chi connectivity index (χ0) is 14.1. The van der Waals surface area contributed by atoms with Crippen LogP contribution in [0.4, 0.5) is 0 Å². The minimum Gasteiger partial charge on any atom is -0.384 e. The van der Waals surface area contributed by atoms with Gasteiger partial charge in [0.25, 0.3) is 0 Å². The molecular weight excluding hydrogens is 380 g/mol. The molecule has 1 atom stereocenters. The molecule has 0 aliphatic heterocycles. The Hall–Kier alpha value is -1.16. The number of hydrogen-bond acceptors (Lipinski definition) is 1. The van der Waals surface area contributed by atoms with Crippen molar-refractivity contribution in [2.45, 2.75) is 6.10 Å². The second-order valence-electron chi connectivity index (χ2n) is 4.61. The lowest BCUT2D eigenvalue weighted by atomic mass is 9.96. The lowest BCUT2D eigenvalue weighted by Crippen LogP contribution is -2.01. The average molecular weight is 392 g/mol. The third-order valence-corrected chi connectivity index (χ3v) is 4.81. The topological polar surface area (TPSA) is 20.2 Å². The van der Waals surface area contributed by atoms with Crippen LogP contribution in [0.1, 0.15) is 17.2 Å². The maximum absolute atomic E-state index is 10.7. The van der Waals surface area contributed by atoms with Crippen LogP contribution in [0.2, 0.25) is 0 Å². The Morgan fingerprint density at radius 1 is 0.650 bits per heavy atom. The summed E-state index contributed by atoms with van der Waals surface area (Å²) in [5, 5.41) is 12.9. The van der Waals surface area contributed by atoms with E-state index in [0.29, 0.717) is 0 Å². The normalized spacial score (nSPS) is 12.6. The van der Waals surface area contributed by atoms with Gasteiger partial charge in [0.2, 0.25) is 0 Å². The van der Waals surface area contributed by atoms with Crippen LogP contribution in [0.15, 0.2) is 69.6 Å². The predicted octanol–water partition coefficient (Wildman–Crippen LogP) is 5.45. The summed E-state index contributed by atoms with van der Waals surface area (Å²) in [6.07, 6.45) is -0.649. The van der Waals surface area contributed by atoms with E-state index in [9.17, 15) is 5.11 Å². The van der Waals surface area contributed by atoms with Gasteiger partial charge in [-0.15, -0.1) is 0 Å². The lowest BCUT2D eigenvalue weighted by molar-refractivity contribution is 0.221. The smallest absolute Gasteiger partial charge is 0.106 e. The van der Waals surface area contributed by atoms with Crippen molar-refractivity contribution in [3.63, 3.8) is 0 Å². The first kappa shape index (κ1) is 13.8. The molecule has 3 heteroatoms. The van der Waals surface area contributed by atoms with Crippen LogP contribution in [-0.4, -0.2) is 5.11 Å². The second-order valence-corrected chi connectivity index (χ2v) is 6.31. The predicted molar refractivity (Wildman–Crippen MR) is 89.9 cm³/mol. The van der Waals surface area contributed by atoms with Crippen molar-refractivity contribution in [2.24, 2.45) is 0 Å². The van der Waals surface area contributed by atoms with Gasteiger partial charge >= 0.3 is 0 Å². The molecule has 3 aromatic carbocycles. The van der Waals surface area contributed by atoms with Crippen molar-refractivity contribution in [1.82, 2.24) is 0 Å². The monoisotopic (exact) mass is 390 g/mol. The summed E-state index contributed by atoms with van der Waals surface area (Å²) < 4.78 is 1.95. The average Bonchev–Trinajstić information content (AvgIpc) is 2.48. The number of aliphatic hydroxyl groups excluding tert-OH is 1. The molecule has 100 valence electrons. The van der Waals surface area contributed by atoms with Crippen LogP contribution in [-0.2, 0) is 0 Å². The maximum Gasteiger partial charge on any atom is 0.106 e. The second kappa shape index (κ2) is 5.68. The highest BCUT2D eigenvalue weighted by Gasteiger charge is 2.16. The lowest BCUT2D eigenvalue weighted by Gasteiger charge is -2.16. The van der Waals surface area contributed by atoms with Gasteiger partial charge in [0, 0.05) is 8.95 Å². The van der Waals surface area contributed by atoms with E-state index in [1.165, 1.54) is 0 Å². The number of halogens is 2. The van der Waals surface area contributed by atoms with Gasteiger partial charge in [0.15, 0.2) is 0 Å². The van der Waals surface area contributed by atoms with Crippen LogP contribution in [0.5, 0.6) is 0 Å². The van der Waals surface area contributed by atoms with Gasteiger partial charge in [-0.25, -0.2) is 0 Å². The highest BCUT2D eigenvalue weighted by molar-refractivity contribution is 9.11. The van der Waals surface area contributed by atoms with Crippen LogP contribution >= 0.6 is 31.9 Å². The number of aliphatic hydroxyl groups is 1. The zero-order valence-electron chi connectivity index (χ0n) is 10.6. The molecule has 20 heavy (non-hydrogen) atoms. The van der Waals surface area contributed by atoms with Gasteiger partial charge in [0.1, 0.15) is 6.10 Å². The fraction of sp³-hybridized carbons (Fsp3) is 0.0588. The third-order valence-electron chi connectivity index (χ3n) is 3.40. The third kappa shape index (κ3) is 2.41. The Bertz CT molecular complexity index is 768. The largest absolute Gasteiger partial charge is 0.384 e. The van der Waals surface area contributed by atoms with E-state index in [2.05, 4.69) is 37.9 Å². The Morgan fingerprint density at radius 2 is 1.30 bits per heavy atom. The highest BCUT2D eigenvalue weighted by atomic mass is 79.9. The highest BCUT2D eigenvalue weighted by Crippen LogP contribution is 2.35. The van der Waals surface area contributed by atoms with E-state index in [4.69, 9.17) is 0 Å². The van der Waals surface area contributed by atoms with Crippen LogP contribution in [0, 0.1) is 0 Å². The summed E-state index contributed by atoms with van der Waals surface area (Å²) in [7, 11) is 0. The van der Waals surface area contributed by atoms with E-state index in [0.717, 1.165) is 30.8 Å². The molecule has 0 saturated heterocycles. The first-order valence-corrected chi connectivity index (χ1v) is 7.86. The number of benzene rings is 3. The summed E-state index contributed by atoms with van der Waals surface area (Å²) in [5.74, 6) is 0. The van der Waals surface area contributed by atoms with Gasteiger partial charge in [-0.1, -0.05) is 80.4 Å². The first-order valence-electron chi connectivity index (χ1n) is 6.28. The van der Waals surface area contributed by atoms with E-state index in [1.807, 2.05) is 54.6 Å². The molecule has 0 aliphatic carbocycles. The van der Waals surface area contributed by atoms with Crippen molar-refractivity contribution in [3.8, 4) is 0 Å². The van der Waals surface area contributed by atoms with Crippen LogP contribution < -0.4 is 0 Å². The Kier molecular flexibility index (Phi) is 3.92. The summed E-state index contributed by atoms with van der Waals surface area (Å²) in [6, 6.07) is 19.8. The zero-order valence-corrected chi connectivity index (χ0v) is 13.7. The van der Waals surface area contributed by atoms with Gasteiger partial charge in [-0.3, -0.25) is 0 Å². The molecule has 0 spiro atoms. The quantitative estimate of drug-likeness (QED) is 0.616. The maximum atomic E-state index is 10.7. The minimum absolute atomic E-state index is 0.649. The first-order chi connectivity index (χ1) is 9.68. The summed E-state index contributed by atoms with van der Waals surface area (Å²) in [5.41, 5.74) is 1.79. The van der Waals surface area contributed by atoms with E-state index < -0.39 is 6.10 Å². The van der Waals surface area contributed by atoms with Crippen LogP contribution in [0.3, 0.4) is 0 Å². The molecule has 0 amide bonds. The molecule has 1 N–H and O–H groups in total. The number of fused-ring (bicyclic) bond motifs is 1. The van der Waals surface area contributed by atoms with E-state index >= 15 is 0 Å². The standard InChI is InChI=1S/C17H12Br2O/c18-15-8-4-3-7-14(15)17(20)13-9-10-16(19)12-6-2-1-5-11(12)13/h1-10,17,20H. The molecule has 1 unspecified atom stereocenters. The summed E-state index contributed by atoms with van der Waals surface area (Å²) >= 11 is 7.06. The van der Waals surface area contributed by atoms with E-state index in [-0.39, 0.29) is 0 Å². The van der Waals surface area contributed by atoms with Crippen molar-refractivity contribution < 1.29 is 5.11 Å². The molecule has 0 heterocycles. The van der Waals surface area contributed by atoms with Gasteiger partial charge in [0.05, 0.1) is 0 Å². The molecule has 0 saturated carbocycles. The Morgan fingerprint density at radius 3 is 2.05 bits per heavy atom. The Labute approximate surface area is 134 Å². The molecule has 0 aliphatic rings. The number of hydrogen-bond donors (Lipinski definition) is 1. The Balaban J connectivity index is 2.20. The molecule has 3 aromatic rings. The SMILES string of the molecule is OC(c1ccccc1Br)c1ccc(Br)c2ccccc12. The molecule has 3 rings (SSSR count). The van der Waals surface area contributed by atoms with Crippen molar-refractivity contribution in [3.05, 3.63) is 80.7 Å². The molecule has 0 aromatic heterocycles. The fourth-order valence-corrected chi connectivity index (χ4v) is 3.37. The fourth-order valence-electron chi connectivity index (χ4n) is 2.39. The van der Waals surface area contributed by atoms with Crippen molar-refractivity contribution in [2.75, 3.05) is 0 Å². The summed E-state index contributed by atoms with van der Waals surface area (Å²) in [4.78, 5) is 0. The van der Waals surface area contributed by atoms with Crippen LogP contribution in [0.25, 0.3) is 10.8 Å². The molecule has 0 radical (unpaired) electrons. The molecule has 1 nitrogen and oxygen atoms in total. The van der Waals surface area contributed by atoms with Gasteiger partial charge < -0.3 is 5.11 Å². The molecule has 0 fully saturated rings. The van der Waals surface area contributed by atoms with Gasteiger partial charge in [-0.2, -0.15) is 0 Å². The summed E-state index contributed by atoms with van der Waals surface area (Å²) in [6.45, 7) is 0. The van der Waals surface area contributed by atoms with Crippen molar-refractivity contribution in [1.29, 1.82) is 0 Å².